The molecule has 0 aromatic heterocycles. The molecule has 0 N–H and O–H groups in total. The summed E-state index contributed by atoms with van der Waals surface area (Å²) in [7, 11) is 0. The van der Waals surface area contributed by atoms with Gasteiger partial charge < -0.3 is 11.7 Å². The quantitative estimate of drug-likeness (QED) is 0.0320. The van der Waals surface area contributed by atoms with Crippen molar-refractivity contribution in [2.24, 2.45) is 9.98 Å². The predicted molar refractivity (Wildman–Crippen MR) is 177 cm³/mol. The van der Waals surface area contributed by atoms with Gasteiger partial charge in [-0.05, 0) is 59.8 Å². The summed E-state index contributed by atoms with van der Waals surface area (Å²) in [5, 5.41) is 0. The number of carbonyl (C=O) groups is 1. The standard InChI is InChI=1S/C28H40N2.C9H4F5O2.Pd/c1-17(2)23-13-11-14-24(18(3)4)27(23)29-21(9)22(10)30-28-25(19(5)6)15-12-16-26(28)20(7)8;1-2-3(15)16-9-7(13)5(11)4(10)6(12)8(9)14;/h11-20H,1-10H3;1-2H2;/q;-1;. The smallest absolute Gasteiger partial charge is 0.280 e. The average molecular weight is 750 g/mol. The van der Waals surface area contributed by atoms with Gasteiger partial charge in [0.25, 0.3) is 5.97 Å². The van der Waals surface area contributed by atoms with Crippen molar-refractivity contribution in [3.05, 3.63) is 94.7 Å². The summed E-state index contributed by atoms with van der Waals surface area (Å²) in [6, 6.07) is 13.2. The number of rotatable bonds is 9. The molecule has 0 saturated heterocycles. The maximum absolute atomic E-state index is 12.9. The van der Waals surface area contributed by atoms with E-state index in [-0.39, 0.29) is 20.4 Å². The van der Waals surface area contributed by atoms with Gasteiger partial charge in [0.2, 0.25) is 34.8 Å². The summed E-state index contributed by atoms with van der Waals surface area (Å²) < 4.78 is 67.4. The van der Waals surface area contributed by atoms with Gasteiger partial charge in [-0.3, -0.25) is 14.8 Å². The Morgan fingerprint density at radius 1 is 0.617 bits per heavy atom. The van der Waals surface area contributed by atoms with E-state index in [0.29, 0.717) is 23.7 Å². The van der Waals surface area contributed by atoms with Crippen LogP contribution in [0.4, 0.5) is 33.3 Å². The Morgan fingerprint density at radius 3 is 1.15 bits per heavy atom. The number of esters is 1. The van der Waals surface area contributed by atoms with Crippen molar-refractivity contribution in [1.29, 1.82) is 0 Å². The first-order valence-electron chi connectivity index (χ1n) is 15.3. The molecule has 47 heavy (non-hydrogen) atoms. The summed E-state index contributed by atoms with van der Waals surface area (Å²) in [5.41, 5.74) is 9.43. The van der Waals surface area contributed by atoms with Crippen LogP contribution in [0, 0.1) is 36.0 Å². The minimum Gasteiger partial charge on any atom is -0.422 e. The second-order valence-corrected chi connectivity index (χ2v) is 12.2. The first kappa shape index (κ1) is 41.8. The number of ether oxygens (including phenoxy) is 1. The Bertz CT molecular complexity index is 1460. The third kappa shape index (κ3) is 10.4. The molecule has 0 aliphatic carbocycles. The Labute approximate surface area is 289 Å². The zero-order valence-electron chi connectivity index (χ0n) is 28.6. The number of nitrogens with zero attached hydrogens (tertiary/aromatic N) is 2. The second-order valence-electron chi connectivity index (χ2n) is 12.2. The third-order valence-corrected chi connectivity index (χ3v) is 7.36. The summed E-state index contributed by atoms with van der Waals surface area (Å²) >= 11 is 0. The molecule has 260 valence electrons. The molecule has 0 bridgehead atoms. The molecule has 4 nitrogen and oxygen atoms in total. The molecule has 0 fully saturated rings. The topological polar surface area (TPSA) is 51.0 Å². The van der Waals surface area contributed by atoms with Crippen molar-refractivity contribution in [3.63, 3.8) is 0 Å². The third-order valence-electron chi connectivity index (χ3n) is 7.36. The molecule has 3 aromatic carbocycles. The van der Waals surface area contributed by atoms with Crippen LogP contribution in [0.1, 0.15) is 122 Å². The number of carbonyl (C=O) groups excluding carboxylic acids is 1. The Hall–Kier alpha value is -3.22. The van der Waals surface area contributed by atoms with Gasteiger partial charge in [0, 0.05) is 20.4 Å². The van der Waals surface area contributed by atoms with Crippen LogP contribution in [0.5, 0.6) is 5.75 Å². The van der Waals surface area contributed by atoms with Gasteiger partial charge in [0.1, 0.15) is 0 Å². The fourth-order valence-corrected chi connectivity index (χ4v) is 4.62. The number of para-hydroxylation sites is 2. The zero-order chi connectivity index (χ0) is 35.0. The summed E-state index contributed by atoms with van der Waals surface area (Å²) in [6.45, 7) is 25.1. The number of benzene rings is 3. The van der Waals surface area contributed by atoms with E-state index in [1.807, 2.05) is 0 Å². The molecule has 10 heteroatoms. The fraction of sp³-hybridized carbons (Fsp3) is 0.405. The van der Waals surface area contributed by atoms with Crippen LogP contribution >= 0.6 is 0 Å². The van der Waals surface area contributed by atoms with Crippen LogP contribution < -0.4 is 4.74 Å². The number of hydrogen-bond donors (Lipinski definition) is 0. The molecule has 0 amide bonds. The van der Waals surface area contributed by atoms with Crippen LogP contribution in [-0.2, 0) is 25.2 Å². The molecule has 0 aliphatic heterocycles. The van der Waals surface area contributed by atoms with E-state index < -0.39 is 47.2 Å². The van der Waals surface area contributed by atoms with E-state index in [0.717, 1.165) is 22.8 Å². The van der Waals surface area contributed by atoms with E-state index in [4.69, 9.17) is 9.98 Å². The Kier molecular flexibility index (Phi) is 16.3. The van der Waals surface area contributed by atoms with Crippen molar-refractivity contribution in [2.75, 3.05) is 0 Å². The molecule has 0 spiro atoms. The van der Waals surface area contributed by atoms with Crippen LogP contribution in [0.25, 0.3) is 0 Å². The molecule has 0 radical (unpaired) electrons. The first-order valence-corrected chi connectivity index (χ1v) is 15.3. The minimum atomic E-state index is -2.32. The van der Waals surface area contributed by atoms with Gasteiger partial charge >= 0.3 is 0 Å². The largest absolute Gasteiger partial charge is 0.422 e. The van der Waals surface area contributed by atoms with Crippen molar-refractivity contribution >= 4 is 28.8 Å². The van der Waals surface area contributed by atoms with E-state index in [2.05, 4.69) is 117 Å². The molecule has 0 heterocycles. The van der Waals surface area contributed by atoms with E-state index in [9.17, 15) is 26.7 Å². The van der Waals surface area contributed by atoms with E-state index in [1.165, 1.54) is 22.3 Å². The van der Waals surface area contributed by atoms with Crippen molar-refractivity contribution in [2.45, 2.75) is 99.3 Å². The van der Waals surface area contributed by atoms with Gasteiger partial charge in [-0.2, -0.15) is 8.78 Å². The van der Waals surface area contributed by atoms with Crippen LogP contribution in [0.2, 0.25) is 0 Å². The van der Waals surface area contributed by atoms with Crippen molar-refractivity contribution < 1.29 is 51.9 Å². The number of halogens is 5. The first-order chi connectivity index (χ1) is 21.4. The molecular formula is C37H44F5N2O2Pd-. The SMILES string of the molecule is CC(=Nc1c(C(C)C)cccc1C(C)C)C(C)=Nc1c(C(C)C)cccc1C(C)C.[CH2-]CC(=O)Oc1c(F)c(F)c(F)c(F)c1F.[Pd]. The Balaban J connectivity index is 0.000000550. The predicted octanol–water partition coefficient (Wildman–Crippen LogP) is 11.6. The number of aliphatic imine (C=N–C) groups is 2. The fourth-order valence-electron chi connectivity index (χ4n) is 4.62. The number of hydrogen-bond acceptors (Lipinski definition) is 4. The van der Waals surface area contributed by atoms with E-state index in [1.54, 1.807) is 0 Å². The Morgan fingerprint density at radius 2 is 0.894 bits per heavy atom. The molecule has 0 saturated carbocycles. The van der Waals surface area contributed by atoms with Gasteiger partial charge in [-0.15, -0.1) is 0 Å². The van der Waals surface area contributed by atoms with Crippen LogP contribution in [0.15, 0.2) is 46.4 Å². The van der Waals surface area contributed by atoms with Crippen LogP contribution in [0.3, 0.4) is 0 Å². The summed E-state index contributed by atoms with van der Waals surface area (Å²) in [4.78, 5) is 20.9. The summed E-state index contributed by atoms with van der Waals surface area (Å²) in [6.07, 6.45) is -0.514. The van der Waals surface area contributed by atoms with Gasteiger partial charge in [0.05, 0.1) is 22.8 Å². The average Bonchev–Trinajstić information content (AvgIpc) is 3.00. The molecular weight excluding hydrogens is 706 g/mol. The molecule has 0 aliphatic rings. The van der Waals surface area contributed by atoms with Gasteiger partial charge in [-0.1, -0.05) is 98.2 Å². The molecule has 0 atom stereocenters. The van der Waals surface area contributed by atoms with E-state index >= 15 is 0 Å². The summed E-state index contributed by atoms with van der Waals surface area (Å²) in [5.74, 6) is -12.2. The molecule has 0 unspecified atom stereocenters. The minimum absolute atomic E-state index is 0. The van der Waals surface area contributed by atoms with Crippen molar-refractivity contribution in [1.82, 2.24) is 0 Å². The van der Waals surface area contributed by atoms with Gasteiger partial charge in [0.15, 0.2) is 0 Å². The zero-order valence-corrected chi connectivity index (χ0v) is 30.2. The van der Waals surface area contributed by atoms with Crippen molar-refractivity contribution in [3.8, 4) is 5.75 Å². The maximum atomic E-state index is 12.9. The normalized spacial score (nSPS) is 12.0. The van der Waals surface area contributed by atoms with Gasteiger partial charge in [-0.25, -0.2) is 13.2 Å². The molecule has 3 aromatic rings. The second kappa shape index (κ2) is 18.4. The van der Waals surface area contributed by atoms with Crippen LogP contribution in [-0.4, -0.2) is 17.4 Å². The maximum Gasteiger partial charge on any atom is 0.280 e. The monoisotopic (exact) mass is 749 g/mol. The molecule has 3 rings (SSSR count).